The van der Waals surface area contributed by atoms with Crippen LogP contribution in [0.2, 0.25) is 0 Å². The van der Waals surface area contributed by atoms with Gasteiger partial charge < -0.3 is 5.32 Å². The Kier molecular flexibility index (Phi) is 1.68. The topological polar surface area (TPSA) is 12.0 Å². The molecule has 1 atom stereocenters. The second-order valence-corrected chi connectivity index (χ2v) is 4.56. The van der Waals surface area contributed by atoms with Crippen LogP contribution in [0.3, 0.4) is 0 Å². The molecule has 1 aliphatic heterocycles. The van der Waals surface area contributed by atoms with Crippen LogP contribution in [0, 0.1) is 0 Å². The van der Waals surface area contributed by atoms with Gasteiger partial charge in [0.15, 0.2) is 0 Å². The van der Waals surface area contributed by atoms with E-state index in [4.69, 9.17) is 0 Å². The smallest absolute Gasteiger partial charge is 0.0187 e. The molecule has 0 bridgehead atoms. The van der Waals surface area contributed by atoms with Crippen LogP contribution in [0.15, 0.2) is 0 Å². The largest absolute Gasteiger partial charge is 0.316 e. The summed E-state index contributed by atoms with van der Waals surface area (Å²) in [6, 6.07) is 0. The van der Waals surface area contributed by atoms with Gasteiger partial charge in [-0.15, -0.1) is 0 Å². The van der Waals surface area contributed by atoms with Crippen molar-refractivity contribution in [3.8, 4) is 0 Å². The molecular formula is C7H13NS. The molecule has 1 heterocycles. The summed E-state index contributed by atoms with van der Waals surface area (Å²) in [7, 11) is 0. The zero-order chi connectivity index (χ0) is 6.10. The van der Waals surface area contributed by atoms with Gasteiger partial charge in [-0.1, -0.05) is 0 Å². The summed E-state index contributed by atoms with van der Waals surface area (Å²) in [5.41, 5.74) is 0. The SMILES string of the molecule is C1CC(SC2CC2)CN1. The van der Waals surface area contributed by atoms with Crippen molar-refractivity contribution in [1.29, 1.82) is 0 Å². The Hall–Kier alpha value is 0.310. The number of hydrogen-bond donors (Lipinski definition) is 1. The second kappa shape index (κ2) is 2.51. The maximum atomic E-state index is 3.38. The van der Waals surface area contributed by atoms with Crippen molar-refractivity contribution in [3.05, 3.63) is 0 Å². The molecule has 1 saturated carbocycles. The molecule has 52 valence electrons. The van der Waals surface area contributed by atoms with E-state index in [0.717, 1.165) is 10.5 Å². The first-order valence-electron chi connectivity index (χ1n) is 3.81. The summed E-state index contributed by atoms with van der Waals surface area (Å²) in [5.74, 6) is 0. The third-order valence-electron chi connectivity index (χ3n) is 1.92. The van der Waals surface area contributed by atoms with E-state index < -0.39 is 0 Å². The van der Waals surface area contributed by atoms with E-state index in [1.807, 2.05) is 0 Å². The Morgan fingerprint density at radius 1 is 1.11 bits per heavy atom. The number of thioether (sulfide) groups is 1. The average Bonchev–Trinajstić information content (AvgIpc) is 2.46. The summed E-state index contributed by atoms with van der Waals surface area (Å²) in [6.45, 7) is 2.52. The van der Waals surface area contributed by atoms with Crippen LogP contribution < -0.4 is 5.32 Å². The predicted molar refractivity (Wildman–Crippen MR) is 41.9 cm³/mol. The van der Waals surface area contributed by atoms with Crippen LogP contribution in [0.1, 0.15) is 19.3 Å². The molecule has 2 rings (SSSR count). The molecule has 0 aromatic heterocycles. The monoisotopic (exact) mass is 143 g/mol. The lowest BCUT2D eigenvalue weighted by Gasteiger charge is -2.04. The number of hydrogen-bond acceptors (Lipinski definition) is 2. The maximum absolute atomic E-state index is 3.38. The first-order chi connectivity index (χ1) is 4.45. The number of rotatable bonds is 2. The van der Waals surface area contributed by atoms with Crippen molar-refractivity contribution in [2.45, 2.75) is 29.8 Å². The fourth-order valence-corrected chi connectivity index (χ4v) is 2.64. The summed E-state index contributed by atoms with van der Waals surface area (Å²) in [4.78, 5) is 0. The highest BCUT2D eigenvalue weighted by Crippen LogP contribution is 2.38. The van der Waals surface area contributed by atoms with Crippen molar-refractivity contribution >= 4 is 11.8 Å². The minimum Gasteiger partial charge on any atom is -0.316 e. The summed E-state index contributed by atoms with van der Waals surface area (Å²) in [6.07, 6.45) is 4.38. The van der Waals surface area contributed by atoms with Gasteiger partial charge in [0.25, 0.3) is 0 Å². The Morgan fingerprint density at radius 2 is 2.00 bits per heavy atom. The zero-order valence-electron chi connectivity index (χ0n) is 5.60. The van der Waals surface area contributed by atoms with Crippen LogP contribution in [0.25, 0.3) is 0 Å². The van der Waals surface area contributed by atoms with Gasteiger partial charge in [0, 0.05) is 17.0 Å². The predicted octanol–water partition coefficient (Wildman–Crippen LogP) is 1.24. The van der Waals surface area contributed by atoms with E-state index in [9.17, 15) is 0 Å². The summed E-state index contributed by atoms with van der Waals surface area (Å²) >= 11 is 2.21. The molecule has 1 unspecified atom stereocenters. The molecule has 2 fully saturated rings. The first kappa shape index (κ1) is 6.05. The second-order valence-electron chi connectivity index (χ2n) is 2.95. The van der Waals surface area contributed by atoms with Crippen molar-refractivity contribution in [2.24, 2.45) is 0 Å². The van der Waals surface area contributed by atoms with E-state index in [1.54, 1.807) is 0 Å². The van der Waals surface area contributed by atoms with Gasteiger partial charge in [0.05, 0.1) is 0 Å². The van der Waals surface area contributed by atoms with Crippen LogP contribution in [0.4, 0.5) is 0 Å². The molecule has 0 amide bonds. The molecule has 0 aromatic rings. The summed E-state index contributed by atoms with van der Waals surface area (Å²) in [5, 5.41) is 5.39. The lowest BCUT2D eigenvalue weighted by Crippen LogP contribution is -2.10. The van der Waals surface area contributed by atoms with E-state index in [1.165, 1.54) is 32.4 Å². The van der Waals surface area contributed by atoms with Gasteiger partial charge in [0.2, 0.25) is 0 Å². The molecule has 9 heavy (non-hydrogen) atoms. The summed E-state index contributed by atoms with van der Waals surface area (Å²) < 4.78 is 0. The zero-order valence-corrected chi connectivity index (χ0v) is 6.41. The van der Waals surface area contributed by atoms with Gasteiger partial charge >= 0.3 is 0 Å². The van der Waals surface area contributed by atoms with E-state index >= 15 is 0 Å². The molecule has 1 N–H and O–H groups in total. The third kappa shape index (κ3) is 1.62. The molecule has 1 nitrogen and oxygen atoms in total. The molecule has 2 heteroatoms. The molecule has 2 aliphatic rings. The van der Waals surface area contributed by atoms with Gasteiger partial charge in [-0.25, -0.2) is 0 Å². The Morgan fingerprint density at radius 3 is 2.56 bits per heavy atom. The normalized spacial score (nSPS) is 35.3. The fraction of sp³-hybridized carbons (Fsp3) is 1.00. The highest BCUT2D eigenvalue weighted by atomic mass is 32.2. The van der Waals surface area contributed by atoms with Crippen LogP contribution in [0.5, 0.6) is 0 Å². The van der Waals surface area contributed by atoms with Gasteiger partial charge in [-0.05, 0) is 25.8 Å². The Labute approximate surface area is 60.6 Å². The van der Waals surface area contributed by atoms with Crippen molar-refractivity contribution in [1.82, 2.24) is 5.32 Å². The average molecular weight is 143 g/mol. The van der Waals surface area contributed by atoms with E-state index in [-0.39, 0.29) is 0 Å². The molecule has 1 saturated heterocycles. The molecule has 0 aromatic carbocycles. The third-order valence-corrected chi connectivity index (χ3v) is 3.57. The van der Waals surface area contributed by atoms with Gasteiger partial charge in [-0.3, -0.25) is 0 Å². The van der Waals surface area contributed by atoms with Crippen molar-refractivity contribution in [3.63, 3.8) is 0 Å². The Bertz CT molecular complexity index is 95.1. The first-order valence-corrected chi connectivity index (χ1v) is 4.75. The molecular weight excluding hydrogens is 130 g/mol. The molecule has 0 radical (unpaired) electrons. The molecule has 1 aliphatic carbocycles. The van der Waals surface area contributed by atoms with E-state index in [2.05, 4.69) is 17.1 Å². The molecule has 0 spiro atoms. The van der Waals surface area contributed by atoms with Crippen LogP contribution in [-0.4, -0.2) is 23.6 Å². The van der Waals surface area contributed by atoms with Crippen molar-refractivity contribution < 1.29 is 0 Å². The standard InChI is InChI=1S/C7H13NS/c1-2-6(1)9-7-3-4-8-5-7/h6-8H,1-5H2. The highest BCUT2D eigenvalue weighted by Gasteiger charge is 2.27. The highest BCUT2D eigenvalue weighted by molar-refractivity contribution is 8.00. The lowest BCUT2D eigenvalue weighted by atomic mass is 10.4. The van der Waals surface area contributed by atoms with Crippen LogP contribution in [-0.2, 0) is 0 Å². The fourth-order valence-electron chi connectivity index (χ4n) is 1.22. The van der Waals surface area contributed by atoms with Gasteiger partial charge in [-0.2, -0.15) is 11.8 Å². The quantitative estimate of drug-likeness (QED) is 0.624. The van der Waals surface area contributed by atoms with E-state index in [0.29, 0.717) is 0 Å². The maximum Gasteiger partial charge on any atom is 0.0187 e. The Balaban J connectivity index is 1.70. The number of nitrogens with one attached hydrogen (secondary N) is 1. The minimum absolute atomic E-state index is 0.956. The van der Waals surface area contributed by atoms with Crippen molar-refractivity contribution in [2.75, 3.05) is 13.1 Å². The van der Waals surface area contributed by atoms with Crippen LogP contribution >= 0.6 is 11.8 Å². The minimum atomic E-state index is 0.956. The van der Waals surface area contributed by atoms with Gasteiger partial charge in [0.1, 0.15) is 0 Å². The lowest BCUT2D eigenvalue weighted by molar-refractivity contribution is 0.858.